The molecule has 1 atom stereocenters. The third kappa shape index (κ3) is 2.05. The van der Waals surface area contributed by atoms with Crippen molar-refractivity contribution in [3.8, 4) is 0 Å². The van der Waals surface area contributed by atoms with Crippen molar-refractivity contribution in [3.05, 3.63) is 41.0 Å². The number of anilines is 3. The second kappa shape index (κ2) is 4.48. The van der Waals surface area contributed by atoms with Crippen molar-refractivity contribution in [1.82, 2.24) is 9.97 Å². The number of amides is 1. The highest BCUT2D eigenvalue weighted by molar-refractivity contribution is 5.95. The van der Waals surface area contributed by atoms with Gasteiger partial charge in [-0.15, -0.1) is 0 Å². The number of nitrogens with zero attached hydrogens (tertiary/aromatic N) is 2. The van der Waals surface area contributed by atoms with Crippen LogP contribution in [0.25, 0.3) is 0 Å². The van der Waals surface area contributed by atoms with Crippen LogP contribution in [0.2, 0.25) is 0 Å². The van der Waals surface area contributed by atoms with E-state index in [2.05, 4.69) is 15.3 Å². The van der Waals surface area contributed by atoms with Crippen molar-refractivity contribution >= 4 is 23.5 Å². The Bertz CT molecular complexity index is 698. The fraction of sp³-hybridized carbons (Fsp3) is 0.214. The number of rotatable bonds is 1. The number of fused-ring (bicyclic) bond motifs is 1. The van der Waals surface area contributed by atoms with Crippen LogP contribution in [0, 0.1) is 6.92 Å². The lowest BCUT2D eigenvalue weighted by molar-refractivity contribution is -0.116. The first-order valence-corrected chi connectivity index (χ1v) is 6.34. The Labute approximate surface area is 116 Å². The van der Waals surface area contributed by atoms with Crippen LogP contribution in [0.15, 0.2) is 24.3 Å². The molecule has 0 saturated heterocycles. The molecule has 1 aromatic heterocycles. The Kier molecular flexibility index (Phi) is 2.78. The SMILES string of the molecule is Cc1cccc(C2CC(=O)Nc3nc(N)nc(N)c32)c1. The van der Waals surface area contributed by atoms with Crippen LogP contribution in [-0.2, 0) is 4.79 Å². The molecule has 2 heterocycles. The van der Waals surface area contributed by atoms with E-state index in [1.165, 1.54) is 0 Å². The van der Waals surface area contributed by atoms with Crippen molar-refractivity contribution in [1.29, 1.82) is 0 Å². The minimum absolute atomic E-state index is 0.0615. The number of hydrogen-bond donors (Lipinski definition) is 3. The molecule has 5 N–H and O–H groups in total. The maximum atomic E-state index is 11.9. The average Bonchev–Trinajstić information content (AvgIpc) is 2.36. The number of hydrogen-bond acceptors (Lipinski definition) is 5. The summed E-state index contributed by atoms with van der Waals surface area (Å²) in [5, 5.41) is 2.71. The van der Waals surface area contributed by atoms with Gasteiger partial charge in [0.05, 0.1) is 0 Å². The Hall–Kier alpha value is -2.63. The van der Waals surface area contributed by atoms with E-state index in [1.807, 2.05) is 31.2 Å². The van der Waals surface area contributed by atoms with Gasteiger partial charge < -0.3 is 16.8 Å². The van der Waals surface area contributed by atoms with Crippen LogP contribution < -0.4 is 16.8 Å². The Morgan fingerprint density at radius 1 is 1.30 bits per heavy atom. The van der Waals surface area contributed by atoms with E-state index < -0.39 is 0 Å². The molecule has 1 aliphatic rings. The molecule has 1 aliphatic heterocycles. The van der Waals surface area contributed by atoms with Crippen molar-refractivity contribution < 1.29 is 4.79 Å². The molecular weight excluding hydrogens is 254 g/mol. The van der Waals surface area contributed by atoms with E-state index in [9.17, 15) is 4.79 Å². The topological polar surface area (TPSA) is 107 Å². The second-order valence-corrected chi connectivity index (χ2v) is 4.95. The number of nitrogens with two attached hydrogens (primary N) is 2. The van der Waals surface area contributed by atoms with E-state index >= 15 is 0 Å². The van der Waals surface area contributed by atoms with Gasteiger partial charge in [-0.1, -0.05) is 29.8 Å². The lowest BCUT2D eigenvalue weighted by Gasteiger charge is -2.26. The highest BCUT2D eigenvalue weighted by atomic mass is 16.1. The van der Waals surface area contributed by atoms with Crippen molar-refractivity contribution in [2.45, 2.75) is 19.3 Å². The first-order valence-electron chi connectivity index (χ1n) is 6.34. The Balaban J connectivity index is 2.17. The lowest BCUT2D eigenvalue weighted by Crippen LogP contribution is -2.26. The molecule has 0 saturated carbocycles. The number of nitrogen functional groups attached to an aromatic ring is 2. The summed E-state index contributed by atoms with van der Waals surface area (Å²) in [7, 11) is 0. The van der Waals surface area contributed by atoms with Crippen LogP contribution >= 0.6 is 0 Å². The Morgan fingerprint density at radius 3 is 2.85 bits per heavy atom. The molecule has 0 aliphatic carbocycles. The van der Waals surface area contributed by atoms with Crippen LogP contribution in [0.1, 0.15) is 29.0 Å². The molecular formula is C14H15N5O. The maximum absolute atomic E-state index is 11.9. The van der Waals surface area contributed by atoms with E-state index in [0.29, 0.717) is 18.1 Å². The third-order valence-corrected chi connectivity index (χ3v) is 3.43. The zero-order chi connectivity index (χ0) is 14.3. The molecule has 1 amide bonds. The van der Waals surface area contributed by atoms with Crippen LogP contribution in [0.5, 0.6) is 0 Å². The van der Waals surface area contributed by atoms with Crippen LogP contribution in [0.3, 0.4) is 0 Å². The van der Waals surface area contributed by atoms with Crippen molar-refractivity contribution in [2.75, 3.05) is 16.8 Å². The van der Waals surface area contributed by atoms with Gasteiger partial charge in [-0.25, -0.2) is 0 Å². The van der Waals surface area contributed by atoms with Gasteiger partial charge in [0, 0.05) is 17.9 Å². The summed E-state index contributed by atoms with van der Waals surface area (Å²) < 4.78 is 0. The number of nitrogens with one attached hydrogen (secondary N) is 1. The Morgan fingerprint density at radius 2 is 2.10 bits per heavy atom. The zero-order valence-corrected chi connectivity index (χ0v) is 11.1. The number of aryl methyl sites for hydroxylation is 1. The fourth-order valence-corrected chi connectivity index (χ4v) is 2.59. The van der Waals surface area contributed by atoms with Gasteiger partial charge in [-0.3, -0.25) is 4.79 Å². The van der Waals surface area contributed by atoms with Gasteiger partial charge in [0.2, 0.25) is 11.9 Å². The molecule has 0 bridgehead atoms. The molecule has 1 unspecified atom stereocenters. The first-order chi connectivity index (χ1) is 9.54. The van der Waals surface area contributed by atoms with E-state index in [0.717, 1.165) is 16.7 Å². The summed E-state index contributed by atoms with van der Waals surface area (Å²) >= 11 is 0. The second-order valence-electron chi connectivity index (χ2n) is 4.95. The predicted octanol–water partition coefficient (Wildman–Crippen LogP) is 1.42. The largest absolute Gasteiger partial charge is 0.383 e. The quantitative estimate of drug-likeness (QED) is 0.725. The minimum Gasteiger partial charge on any atom is -0.383 e. The molecule has 20 heavy (non-hydrogen) atoms. The van der Waals surface area contributed by atoms with Crippen molar-refractivity contribution in [2.24, 2.45) is 0 Å². The van der Waals surface area contributed by atoms with Gasteiger partial charge in [-0.2, -0.15) is 9.97 Å². The standard InChI is InChI=1S/C14H15N5O/c1-7-3-2-4-8(5-7)9-6-10(20)17-13-11(9)12(15)18-14(16)19-13/h2-5,9H,6H2,1H3,(H5,15,16,17,18,19,20). The molecule has 6 nitrogen and oxygen atoms in total. The van der Waals surface area contributed by atoms with Gasteiger partial charge in [0.15, 0.2) is 0 Å². The number of carbonyl (C=O) groups excluding carboxylic acids is 1. The lowest BCUT2D eigenvalue weighted by atomic mass is 9.86. The molecule has 0 spiro atoms. The van der Waals surface area contributed by atoms with E-state index in [4.69, 9.17) is 11.5 Å². The van der Waals surface area contributed by atoms with Crippen LogP contribution in [-0.4, -0.2) is 15.9 Å². The zero-order valence-electron chi connectivity index (χ0n) is 11.1. The van der Waals surface area contributed by atoms with Gasteiger partial charge in [-0.05, 0) is 12.5 Å². The fourth-order valence-electron chi connectivity index (χ4n) is 2.59. The normalized spacial score (nSPS) is 17.4. The smallest absolute Gasteiger partial charge is 0.226 e. The highest BCUT2D eigenvalue weighted by Crippen LogP contribution is 2.39. The molecule has 1 aromatic carbocycles. The molecule has 0 radical (unpaired) electrons. The average molecular weight is 269 g/mol. The summed E-state index contributed by atoms with van der Waals surface area (Å²) in [6.07, 6.45) is 0.327. The van der Waals surface area contributed by atoms with Crippen LogP contribution in [0.4, 0.5) is 17.6 Å². The molecule has 2 aromatic rings. The molecule has 0 fully saturated rings. The number of benzene rings is 1. The first kappa shape index (κ1) is 12.4. The molecule has 6 heteroatoms. The maximum Gasteiger partial charge on any atom is 0.226 e. The van der Waals surface area contributed by atoms with E-state index in [-0.39, 0.29) is 17.8 Å². The monoisotopic (exact) mass is 269 g/mol. The summed E-state index contributed by atoms with van der Waals surface area (Å²) in [6.45, 7) is 2.01. The third-order valence-electron chi connectivity index (χ3n) is 3.43. The number of aromatic nitrogens is 2. The summed E-state index contributed by atoms with van der Waals surface area (Å²) in [5.74, 6) is 0.559. The van der Waals surface area contributed by atoms with Crippen molar-refractivity contribution in [3.63, 3.8) is 0 Å². The van der Waals surface area contributed by atoms with Gasteiger partial charge in [0.25, 0.3) is 0 Å². The molecule has 102 valence electrons. The summed E-state index contributed by atoms with van der Waals surface area (Å²) in [5.41, 5.74) is 14.5. The highest BCUT2D eigenvalue weighted by Gasteiger charge is 2.30. The molecule has 3 rings (SSSR count). The summed E-state index contributed by atoms with van der Waals surface area (Å²) in [6, 6.07) is 8.00. The van der Waals surface area contributed by atoms with Gasteiger partial charge >= 0.3 is 0 Å². The van der Waals surface area contributed by atoms with E-state index in [1.54, 1.807) is 0 Å². The minimum atomic E-state index is -0.140. The predicted molar refractivity (Wildman–Crippen MR) is 77.1 cm³/mol. The number of carbonyl (C=O) groups is 1. The summed E-state index contributed by atoms with van der Waals surface area (Å²) in [4.78, 5) is 19.9. The van der Waals surface area contributed by atoms with Gasteiger partial charge in [0.1, 0.15) is 11.6 Å².